The Bertz CT molecular complexity index is 316. The predicted molar refractivity (Wildman–Crippen MR) is 75.9 cm³/mol. The van der Waals surface area contributed by atoms with Crippen molar-refractivity contribution in [2.75, 3.05) is 6.61 Å². The fraction of sp³-hybridized carbons (Fsp3) is 0.625. The van der Waals surface area contributed by atoms with Gasteiger partial charge in [0.25, 0.3) is 0 Å². The maximum atomic E-state index is 9.43. The van der Waals surface area contributed by atoms with Crippen molar-refractivity contribution >= 4 is 0 Å². The number of aliphatic hydroxyl groups excluding tert-OH is 1. The van der Waals surface area contributed by atoms with Crippen LogP contribution in [0.5, 0.6) is 5.75 Å². The molecule has 0 aliphatic heterocycles. The van der Waals surface area contributed by atoms with Gasteiger partial charge in [-0.3, -0.25) is 0 Å². The van der Waals surface area contributed by atoms with Gasteiger partial charge in [0.15, 0.2) is 0 Å². The summed E-state index contributed by atoms with van der Waals surface area (Å²) in [5.74, 6) is 1.55. The van der Waals surface area contributed by atoms with E-state index in [9.17, 15) is 5.11 Å². The molecule has 0 spiro atoms. The van der Waals surface area contributed by atoms with E-state index in [1.807, 2.05) is 24.3 Å². The minimum atomic E-state index is -0.410. The van der Waals surface area contributed by atoms with Crippen molar-refractivity contribution in [3.8, 4) is 5.75 Å². The second-order valence-electron chi connectivity index (χ2n) is 4.97. The Morgan fingerprint density at radius 3 is 2.33 bits per heavy atom. The van der Waals surface area contributed by atoms with Gasteiger partial charge in [0, 0.05) is 0 Å². The van der Waals surface area contributed by atoms with Crippen LogP contribution in [0.2, 0.25) is 0 Å². The van der Waals surface area contributed by atoms with Crippen LogP contribution in [-0.4, -0.2) is 11.7 Å². The van der Waals surface area contributed by atoms with E-state index in [0.29, 0.717) is 5.92 Å². The molecule has 0 heterocycles. The highest BCUT2D eigenvalue weighted by Crippen LogP contribution is 2.19. The first-order valence-corrected chi connectivity index (χ1v) is 7.08. The highest BCUT2D eigenvalue weighted by molar-refractivity contribution is 5.28. The van der Waals surface area contributed by atoms with Crippen LogP contribution in [-0.2, 0) is 0 Å². The van der Waals surface area contributed by atoms with Crippen LogP contribution in [0.1, 0.15) is 58.1 Å². The third-order valence-electron chi connectivity index (χ3n) is 3.39. The third-order valence-corrected chi connectivity index (χ3v) is 3.39. The lowest BCUT2D eigenvalue weighted by Gasteiger charge is -2.16. The zero-order chi connectivity index (χ0) is 13.4. The van der Waals surface area contributed by atoms with Gasteiger partial charge in [-0.05, 0) is 37.0 Å². The van der Waals surface area contributed by atoms with Gasteiger partial charge in [0.2, 0.25) is 0 Å². The molecule has 2 atom stereocenters. The molecule has 0 saturated heterocycles. The van der Waals surface area contributed by atoms with E-state index >= 15 is 0 Å². The summed E-state index contributed by atoms with van der Waals surface area (Å²) in [6, 6.07) is 7.73. The normalized spacial score (nSPS) is 14.2. The molecule has 0 bridgehead atoms. The number of unbranched alkanes of at least 4 members (excludes halogenated alkanes) is 1. The zero-order valence-electron chi connectivity index (χ0n) is 11.9. The van der Waals surface area contributed by atoms with Crippen LogP contribution in [0.15, 0.2) is 24.3 Å². The van der Waals surface area contributed by atoms with Gasteiger partial charge in [-0.2, -0.15) is 0 Å². The molecular weight excluding hydrogens is 224 g/mol. The fourth-order valence-corrected chi connectivity index (χ4v) is 1.95. The van der Waals surface area contributed by atoms with Gasteiger partial charge in [0.05, 0.1) is 12.7 Å². The lowest BCUT2D eigenvalue weighted by molar-refractivity contribution is 0.199. The average molecular weight is 250 g/mol. The lowest BCUT2D eigenvalue weighted by atomic mass is 10.0. The largest absolute Gasteiger partial charge is 0.493 e. The molecule has 0 aliphatic rings. The minimum absolute atomic E-state index is 0.410. The van der Waals surface area contributed by atoms with E-state index in [1.165, 1.54) is 25.7 Å². The van der Waals surface area contributed by atoms with E-state index in [2.05, 4.69) is 13.8 Å². The summed E-state index contributed by atoms with van der Waals surface area (Å²) >= 11 is 0. The van der Waals surface area contributed by atoms with Gasteiger partial charge in [-0.25, -0.2) is 0 Å². The molecule has 0 aliphatic carbocycles. The number of ether oxygens (including phenoxy) is 1. The quantitative estimate of drug-likeness (QED) is 0.744. The number of hydrogen-bond acceptors (Lipinski definition) is 2. The number of rotatable bonds is 8. The molecule has 1 rings (SSSR count). The summed E-state index contributed by atoms with van der Waals surface area (Å²) in [5.41, 5.74) is 0.931. The molecule has 1 aromatic rings. The Morgan fingerprint density at radius 2 is 1.83 bits per heavy atom. The topological polar surface area (TPSA) is 29.5 Å². The van der Waals surface area contributed by atoms with Crippen LogP contribution >= 0.6 is 0 Å². The molecule has 18 heavy (non-hydrogen) atoms. The summed E-state index contributed by atoms with van der Waals surface area (Å²) < 4.78 is 5.81. The lowest BCUT2D eigenvalue weighted by Crippen LogP contribution is -2.11. The Morgan fingerprint density at radius 1 is 1.17 bits per heavy atom. The fourth-order valence-electron chi connectivity index (χ4n) is 1.95. The molecule has 0 radical (unpaired) electrons. The summed E-state index contributed by atoms with van der Waals surface area (Å²) in [5, 5.41) is 9.43. The smallest absolute Gasteiger partial charge is 0.119 e. The van der Waals surface area contributed by atoms with Crippen molar-refractivity contribution in [3.05, 3.63) is 29.8 Å². The summed E-state index contributed by atoms with van der Waals surface area (Å²) in [6.45, 7) is 7.01. The van der Waals surface area contributed by atoms with Crippen LogP contribution in [0.4, 0.5) is 0 Å². The van der Waals surface area contributed by atoms with E-state index in [0.717, 1.165) is 17.9 Å². The molecule has 0 fully saturated rings. The molecule has 1 aromatic carbocycles. The van der Waals surface area contributed by atoms with E-state index < -0.39 is 6.10 Å². The van der Waals surface area contributed by atoms with Crippen LogP contribution in [0.25, 0.3) is 0 Å². The van der Waals surface area contributed by atoms with Crippen molar-refractivity contribution in [2.45, 2.75) is 52.6 Å². The number of hydrogen-bond donors (Lipinski definition) is 1. The van der Waals surface area contributed by atoms with Crippen molar-refractivity contribution in [1.82, 2.24) is 0 Å². The van der Waals surface area contributed by atoms with E-state index in [1.54, 1.807) is 6.92 Å². The zero-order valence-corrected chi connectivity index (χ0v) is 11.9. The first-order chi connectivity index (χ1) is 8.67. The third kappa shape index (κ3) is 5.09. The number of benzene rings is 1. The monoisotopic (exact) mass is 250 g/mol. The van der Waals surface area contributed by atoms with Crippen LogP contribution < -0.4 is 4.74 Å². The van der Waals surface area contributed by atoms with Gasteiger partial charge in [-0.15, -0.1) is 0 Å². The first-order valence-electron chi connectivity index (χ1n) is 7.08. The van der Waals surface area contributed by atoms with Crippen LogP contribution in [0.3, 0.4) is 0 Å². The van der Waals surface area contributed by atoms with E-state index in [4.69, 9.17) is 4.74 Å². The van der Waals surface area contributed by atoms with Crippen LogP contribution in [0, 0.1) is 5.92 Å². The standard InChI is InChI=1S/C16H26O2/c1-4-6-7-14(5-2)12-18-16-10-8-15(9-11-16)13(3)17/h8-11,13-14,17H,4-7,12H2,1-3H3/t13-,14?/m1/s1. The SMILES string of the molecule is CCCCC(CC)COc1ccc([C@@H](C)O)cc1. The summed E-state index contributed by atoms with van der Waals surface area (Å²) in [4.78, 5) is 0. The predicted octanol–water partition coefficient (Wildman–Crippen LogP) is 4.34. The van der Waals surface area contributed by atoms with Gasteiger partial charge in [-0.1, -0.05) is 45.2 Å². The second kappa shape index (κ2) is 8.15. The Hall–Kier alpha value is -1.02. The summed E-state index contributed by atoms with van der Waals surface area (Å²) in [7, 11) is 0. The van der Waals surface area contributed by atoms with Gasteiger partial charge in [0.1, 0.15) is 5.75 Å². The molecule has 1 N–H and O–H groups in total. The molecule has 0 amide bonds. The molecule has 2 heteroatoms. The Labute approximate surface area is 111 Å². The molecular formula is C16H26O2. The Balaban J connectivity index is 2.42. The van der Waals surface area contributed by atoms with Gasteiger partial charge >= 0.3 is 0 Å². The Kier molecular flexibility index (Phi) is 6.81. The number of aliphatic hydroxyl groups is 1. The molecule has 0 saturated carbocycles. The van der Waals surface area contributed by atoms with E-state index in [-0.39, 0.29) is 0 Å². The molecule has 0 aromatic heterocycles. The van der Waals surface area contributed by atoms with Crippen molar-refractivity contribution in [3.63, 3.8) is 0 Å². The van der Waals surface area contributed by atoms with Crippen molar-refractivity contribution in [2.24, 2.45) is 5.92 Å². The molecule has 1 unspecified atom stereocenters. The van der Waals surface area contributed by atoms with Crippen molar-refractivity contribution < 1.29 is 9.84 Å². The van der Waals surface area contributed by atoms with Gasteiger partial charge < -0.3 is 9.84 Å². The highest BCUT2D eigenvalue weighted by Gasteiger charge is 2.07. The summed E-state index contributed by atoms with van der Waals surface area (Å²) in [6.07, 6.45) is 4.54. The maximum absolute atomic E-state index is 9.43. The first kappa shape index (κ1) is 15.0. The minimum Gasteiger partial charge on any atom is -0.493 e. The highest BCUT2D eigenvalue weighted by atomic mass is 16.5. The second-order valence-corrected chi connectivity index (χ2v) is 4.97. The van der Waals surface area contributed by atoms with Crippen molar-refractivity contribution in [1.29, 1.82) is 0 Å². The molecule has 102 valence electrons. The average Bonchev–Trinajstić information content (AvgIpc) is 2.39. The maximum Gasteiger partial charge on any atom is 0.119 e. The molecule has 2 nitrogen and oxygen atoms in total.